The molecule has 0 aromatic heterocycles. The maximum Gasteiger partial charge on any atom is 0.0351 e. The topological polar surface area (TPSA) is 3.24 Å². The SMILES string of the molecule is Brc1ccccc1[C@@H]1CN2CCC[C@H]2c2ccccc21. The van der Waals surface area contributed by atoms with Gasteiger partial charge in [0.25, 0.3) is 0 Å². The van der Waals surface area contributed by atoms with Crippen molar-refractivity contribution in [2.45, 2.75) is 24.8 Å². The summed E-state index contributed by atoms with van der Waals surface area (Å²) in [5.41, 5.74) is 4.50. The van der Waals surface area contributed by atoms with Gasteiger partial charge in [-0.2, -0.15) is 0 Å². The van der Waals surface area contributed by atoms with Gasteiger partial charge in [-0.15, -0.1) is 0 Å². The number of hydrogen-bond donors (Lipinski definition) is 0. The van der Waals surface area contributed by atoms with Gasteiger partial charge in [0.05, 0.1) is 0 Å². The van der Waals surface area contributed by atoms with Gasteiger partial charge in [-0.05, 0) is 42.1 Å². The molecule has 0 aliphatic carbocycles. The number of benzene rings is 2. The lowest BCUT2D eigenvalue weighted by Crippen LogP contribution is -2.34. The first kappa shape index (κ1) is 12.6. The monoisotopic (exact) mass is 327 g/mol. The Morgan fingerprint density at radius 2 is 1.60 bits per heavy atom. The molecular weight excluding hydrogens is 310 g/mol. The maximum atomic E-state index is 3.74. The van der Waals surface area contributed by atoms with Crippen LogP contribution in [0.5, 0.6) is 0 Å². The highest BCUT2D eigenvalue weighted by Gasteiger charge is 2.36. The van der Waals surface area contributed by atoms with Crippen LogP contribution in [0.3, 0.4) is 0 Å². The number of nitrogens with zero attached hydrogens (tertiary/aromatic N) is 1. The van der Waals surface area contributed by atoms with Gasteiger partial charge in [0.15, 0.2) is 0 Å². The second-order valence-corrected chi connectivity index (χ2v) is 6.71. The van der Waals surface area contributed by atoms with Gasteiger partial charge in [0.1, 0.15) is 0 Å². The Labute approximate surface area is 128 Å². The van der Waals surface area contributed by atoms with Crippen LogP contribution < -0.4 is 0 Å². The summed E-state index contributed by atoms with van der Waals surface area (Å²) >= 11 is 3.74. The molecule has 20 heavy (non-hydrogen) atoms. The molecule has 2 aliphatic heterocycles. The maximum absolute atomic E-state index is 3.74. The summed E-state index contributed by atoms with van der Waals surface area (Å²) in [5.74, 6) is 0.496. The van der Waals surface area contributed by atoms with Crippen LogP contribution in [0.25, 0.3) is 0 Å². The van der Waals surface area contributed by atoms with Gasteiger partial charge in [0.2, 0.25) is 0 Å². The fraction of sp³-hybridized carbons (Fsp3) is 0.333. The standard InChI is InChI=1S/C18H18BrN/c19-17-9-4-3-7-14(17)16-12-20-11-5-10-18(20)15-8-2-1-6-13(15)16/h1-4,6-9,16,18H,5,10-12H2/t16-,18+/m1/s1. The highest BCUT2D eigenvalue weighted by atomic mass is 79.9. The normalized spacial score (nSPS) is 25.2. The third kappa shape index (κ3) is 1.94. The Morgan fingerprint density at radius 3 is 2.40 bits per heavy atom. The molecule has 0 radical (unpaired) electrons. The minimum atomic E-state index is 0.496. The van der Waals surface area contributed by atoms with Crippen molar-refractivity contribution in [3.8, 4) is 0 Å². The Hall–Kier alpha value is -1.12. The molecule has 2 aromatic rings. The molecule has 2 heterocycles. The molecule has 2 heteroatoms. The molecule has 0 spiro atoms. The van der Waals surface area contributed by atoms with E-state index in [0.29, 0.717) is 12.0 Å². The zero-order valence-electron chi connectivity index (χ0n) is 11.4. The summed E-state index contributed by atoms with van der Waals surface area (Å²) in [4.78, 5) is 2.67. The van der Waals surface area contributed by atoms with Crippen LogP contribution in [0.2, 0.25) is 0 Å². The van der Waals surface area contributed by atoms with Crippen LogP contribution >= 0.6 is 15.9 Å². The summed E-state index contributed by atoms with van der Waals surface area (Å²) in [7, 11) is 0. The number of hydrogen-bond acceptors (Lipinski definition) is 1. The van der Waals surface area contributed by atoms with Crippen molar-refractivity contribution >= 4 is 15.9 Å². The zero-order valence-corrected chi connectivity index (χ0v) is 13.0. The average Bonchev–Trinajstić information content (AvgIpc) is 2.96. The molecule has 2 atom stereocenters. The first-order valence-electron chi connectivity index (χ1n) is 7.42. The summed E-state index contributed by atoms with van der Waals surface area (Å²) in [6, 6.07) is 18.4. The largest absolute Gasteiger partial charge is 0.295 e. The Balaban J connectivity index is 1.85. The van der Waals surface area contributed by atoms with E-state index < -0.39 is 0 Å². The average molecular weight is 328 g/mol. The Morgan fingerprint density at radius 1 is 0.900 bits per heavy atom. The van der Waals surface area contributed by atoms with Crippen molar-refractivity contribution in [3.63, 3.8) is 0 Å². The number of fused-ring (bicyclic) bond motifs is 3. The van der Waals surface area contributed by atoms with Gasteiger partial charge in [-0.3, -0.25) is 4.90 Å². The second-order valence-electron chi connectivity index (χ2n) is 5.86. The molecule has 2 aliphatic rings. The van der Waals surface area contributed by atoms with E-state index in [1.54, 1.807) is 5.56 Å². The van der Waals surface area contributed by atoms with Crippen molar-refractivity contribution < 1.29 is 0 Å². The van der Waals surface area contributed by atoms with Gasteiger partial charge >= 0.3 is 0 Å². The number of halogens is 1. The molecule has 0 unspecified atom stereocenters. The van der Waals surface area contributed by atoms with Crippen molar-refractivity contribution in [1.29, 1.82) is 0 Å². The first-order valence-corrected chi connectivity index (χ1v) is 8.21. The minimum Gasteiger partial charge on any atom is -0.295 e. The van der Waals surface area contributed by atoms with Crippen molar-refractivity contribution in [3.05, 3.63) is 69.7 Å². The van der Waals surface area contributed by atoms with Gasteiger partial charge in [-0.1, -0.05) is 58.4 Å². The minimum absolute atomic E-state index is 0.496. The van der Waals surface area contributed by atoms with E-state index in [0.717, 1.165) is 6.54 Å². The lowest BCUT2D eigenvalue weighted by Gasteiger charge is -2.37. The molecule has 4 rings (SSSR count). The van der Waals surface area contributed by atoms with Crippen LogP contribution in [-0.4, -0.2) is 18.0 Å². The molecule has 1 fully saturated rings. The van der Waals surface area contributed by atoms with Crippen molar-refractivity contribution in [2.75, 3.05) is 13.1 Å². The second kappa shape index (κ2) is 5.01. The molecule has 2 aromatic carbocycles. The molecule has 0 saturated carbocycles. The smallest absolute Gasteiger partial charge is 0.0351 e. The van der Waals surface area contributed by atoms with E-state index in [2.05, 4.69) is 69.4 Å². The van der Waals surface area contributed by atoms with E-state index in [9.17, 15) is 0 Å². The summed E-state index contributed by atoms with van der Waals surface area (Å²) in [5, 5.41) is 0. The molecule has 102 valence electrons. The van der Waals surface area contributed by atoms with E-state index in [-0.39, 0.29) is 0 Å². The predicted octanol–water partition coefficient (Wildman–Crippen LogP) is 4.73. The fourth-order valence-corrected chi connectivity index (χ4v) is 4.45. The summed E-state index contributed by atoms with van der Waals surface area (Å²) in [6.07, 6.45) is 2.65. The van der Waals surface area contributed by atoms with Crippen LogP contribution in [0.4, 0.5) is 0 Å². The van der Waals surface area contributed by atoms with Crippen LogP contribution in [0.15, 0.2) is 53.0 Å². The van der Waals surface area contributed by atoms with Crippen LogP contribution in [0.1, 0.15) is 41.5 Å². The molecule has 0 amide bonds. The Kier molecular flexibility index (Phi) is 3.16. The van der Waals surface area contributed by atoms with E-state index in [1.165, 1.54) is 35.0 Å². The molecule has 1 saturated heterocycles. The van der Waals surface area contributed by atoms with E-state index in [4.69, 9.17) is 0 Å². The molecule has 1 nitrogen and oxygen atoms in total. The third-order valence-corrected chi connectivity index (χ3v) is 5.51. The Bertz CT molecular complexity index is 637. The summed E-state index contributed by atoms with van der Waals surface area (Å²) < 4.78 is 1.23. The van der Waals surface area contributed by atoms with Crippen LogP contribution in [0, 0.1) is 0 Å². The van der Waals surface area contributed by atoms with E-state index >= 15 is 0 Å². The number of rotatable bonds is 1. The molecule has 0 bridgehead atoms. The van der Waals surface area contributed by atoms with Gasteiger partial charge < -0.3 is 0 Å². The molecular formula is C18H18BrN. The van der Waals surface area contributed by atoms with Gasteiger partial charge in [0, 0.05) is 23.0 Å². The first-order chi connectivity index (χ1) is 9.84. The van der Waals surface area contributed by atoms with Crippen molar-refractivity contribution in [2.24, 2.45) is 0 Å². The van der Waals surface area contributed by atoms with Gasteiger partial charge in [-0.25, -0.2) is 0 Å². The lowest BCUT2D eigenvalue weighted by atomic mass is 9.82. The predicted molar refractivity (Wildman–Crippen MR) is 86.0 cm³/mol. The van der Waals surface area contributed by atoms with Crippen molar-refractivity contribution in [1.82, 2.24) is 4.90 Å². The van der Waals surface area contributed by atoms with E-state index in [1.807, 2.05) is 0 Å². The lowest BCUT2D eigenvalue weighted by molar-refractivity contribution is 0.230. The third-order valence-electron chi connectivity index (χ3n) is 4.79. The highest BCUT2D eigenvalue weighted by Crippen LogP contribution is 2.45. The zero-order chi connectivity index (χ0) is 13.5. The highest BCUT2D eigenvalue weighted by molar-refractivity contribution is 9.10. The quantitative estimate of drug-likeness (QED) is 0.731. The molecule has 0 N–H and O–H groups in total. The summed E-state index contributed by atoms with van der Waals surface area (Å²) in [6.45, 7) is 2.41. The van der Waals surface area contributed by atoms with Crippen LogP contribution in [-0.2, 0) is 0 Å². The fourth-order valence-electron chi connectivity index (χ4n) is 3.88.